The molecule has 33 heteroatoms. The van der Waals surface area contributed by atoms with Gasteiger partial charge in [0, 0.05) is 125 Å². The Morgan fingerprint density at radius 1 is 0.768 bits per heavy atom. The summed E-state index contributed by atoms with van der Waals surface area (Å²) in [6, 6.07) is 21.6. The number of Topliss-reactive ketones (excluding diaryl/α,β-unsaturated/α-hetero) is 2. The molecule has 8 N–H and O–H groups in total. The summed E-state index contributed by atoms with van der Waals surface area (Å²) in [4.78, 5) is 133. The molecule has 3 aromatic carbocycles. The lowest BCUT2D eigenvalue weighted by Gasteiger charge is -2.69. The first-order valence-corrected chi connectivity index (χ1v) is 42.1. The van der Waals surface area contributed by atoms with Crippen molar-refractivity contribution in [3.8, 4) is 11.1 Å². The number of fused-ring (bicyclic) bond motifs is 2. The van der Waals surface area contributed by atoms with Gasteiger partial charge in [-0.15, -0.1) is 0 Å². The van der Waals surface area contributed by atoms with Crippen LogP contribution in [0.2, 0.25) is 0 Å². The minimum absolute atomic E-state index is 0.0356. The number of primary amides is 1. The molecule has 2 unspecified atom stereocenters. The topological polar surface area (TPSA) is 420 Å². The van der Waals surface area contributed by atoms with Crippen molar-refractivity contribution in [3.05, 3.63) is 136 Å². The van der Waals surface area contributed by atoms with Crippen LogP contribution in [-0.2, 0) is 86.2 Å². The van der Waals surface area contributed by atoms with E-state index in [0.717, 1.165) is 68.9 Å². The number of nitrogens with one attached hydrogen (secondary N) is 3. The number of hydrogen-bond acceptors (Lipinski definition) is 21. The predicted octanol–water partition coefficient (Wildman–Crippen LogP) is 8.99. The number of thiazole rings is 1. The molecule has 4 saturated carbocycles. The Bertz CT molecular complexity index is 4740. The molecule has 30 nitrogen and oxygen atoms in total. The van der Waals surface area contributed by atoms with Gasteiger partial charge in [-0.05, 0) is 152 Å². The first-order chi connectivity index (χ1) is 53.0. The maximum atomic E-state index is 14.0. The minimum atomic E-state index is -4.60. The molecule has 7 amide bonds. The number of unbranched alkanes of at least 4 members (excludes halogenated alkanes) is 2. The predicted molar refractivity (Wildman–Crippen MR) is 418 cm³/mol. The number of imide groups is 1. The maximum absolute atomic E-state index is 14.0. The van der Waals surface area contributed by atoms with Crippen LogP contribution in [0.1, 0.15) is 160 Å². The number of para-hydroxylation sites is 1. The van der Waals surface area contributed by atoms with Crippen LogP contribution >= 0.6 is 11.3 Å². The molecule has 12 rings (SSSR count). The van der Waals surface area contributed by atoms with E-state index in [2.05, 4.69) is 34.8 Å². The molecule has 4 atom stereocenters. The summed E-state index contributed by atoms with van der Waals surface area (Å²) in [5.74, 6) is -5.36. The Balaban J connectivity index is 0.699. The Morgan fingerprint density at radius 3 is 2.16 bits per heavy atom. The normalized spacial score (nSPS) is 20.5. The van der Waals surface area contributed by atoms with Crippen LogP contribution in [-0.4, -0.2) is 201 Å². The first-order valence-electron chi connectivity index (χ1n) is 38.0. The summed E-state index contributed by atoms with van der Waals surface area (Å²) in [6.07, 6.45) is 10.7. The zero-order valence-electron chi connectivity index (χ0n) is 63.8. The Hall–Kier alpha value is -9.38. The number of nitrogens with two attached hydrogens (primary N) is 1. The first kappa shape index (κ1) is 83.6. The number of aromatic nitrogens is 4. The van der Waals surface area contributed by atoms with Crippen LogP contribution in [0.15, 0.2) is 97.2 Å². The fourth-order valence-corrected chi connectivity index (χ4v) is 19.8. The van der Waals surface area contributed by atoms with E-state index < -0.39 is 79.8 Å². The zero-order valence-corrected chi connectivity index (χ0v) is 66.3. The molecule has 6 aliphatic rings. The molecule has 4 fully saturated rings. The second kappa shape index (κ2) is 35.3. The number of hydrogen-bond donors (Lipinski definition) is 7. The van der Waals surface area contributed by atoms with Crippen LogP contribution in [0, 0.1) is 35.0 Å². The van der Waals surface area contributed by atoms with Gasteiger partial charge in [0.15, 0.2) is 16.6 Å². The lowest BCUT2D eigenvalue weighted by molar-refractivity contribution is -0.248. The Morgan fingerprint density at radius 2 is 1.47 bits per heavy atom. The highest BCUT2D eigenvalue weighted by Gasteiger charge is 2.66. The van der Waals surface area contributed by atoms with Gasteiger partial charge in [-0.1, -0.05) is 94.0 Å². The molecule has 4 aliphatic carbocycles. The number of rotatable bonds is 40. The van der Waals surface area contributed by atoms with Gasteiger partial charge in [-0.3, -0.25) is 57.7 Å². The van der Waals surface area contributed by atoms with Crippen LogP contribution < -0.4 is 26.6 Å². The highest BCUT2D eigenvalue weighted by molar-refractivity contribution is 7.86. The maximum Gasteiger partial charge on any atom is 0.410 e. The van der Waals surface area contributed by atoms with E-state index >= 15 is 0 Å². The number of ketones is 2. The van der Waals surface area contributed by atoms with Crippen molar-refractivity contribution in [1.29, 1.82) is 0 Å². The van der Waals surface area contributed by atoms with Gasteiger partial charge >= 0.3 is 18.1 Å². The molecular formula is C79H100N12O18S3. The van der Waals surface area contributed by atoms with E-state index in [1.54, 1.807) is 61.3 Å². The average Bonchev–Trinajstić information content (AvgIpc) is 0.737. The number of ether oxygens (including phenoxy) is 2. The van der Waals surface area contributed by atoms with Crippen molar-refractivity contribution in [3.63, 3.8) is 0 Å². The summed E-state index contributed by atoms with van der Waals surface area (Å²) < 4.78 is 84.3. The number of aromatic carboxylic acids is 1. The Labute approximate surface area is 655 Å². The molecular weight excluding hydrogens is 1500 g/mol. The lowest BCUT2D eigenvalue weighted by atomic mass is 9.39. The molecule has 0 spiro atoms. The van der Waals surface area contributed by atoms with Crippen LogP contribution in [0.5, 0.6) is 0 Å². The van der Waals surface area contributed by atoms with Crippen molar-refractivity contribution in [2.75, 3.05) is 80.7 Å². The highest BCUT2D eigenvalue weighted by Crippen LogP contribution is 2.72. The van der Waals surface area contributed by atoms with Crippen LogP contribution in [0.3, 0.4) is 0 Å². The lowest BCUT2D eigenvalue weighted by Crippen LogP contribution is -2.64. The Kier molecular flexibility index (Phi) is 26.4. The number of nitrogens with zero attached hydrogens (tertiary/aromatic N) is 8. The van der Waals surface area contributed by atoms with Gasteiger partial charge in [0.2, 0.25) is 5.91 Å². The summed E-state index contributed by atoms with van der Waals surface area (Å²) in [7, 11) is -9.09. The molecule has 4 bridgehead atoms. The number of pyridine rings is 1. The van der Waals surface area contributed by atoms with E-state index in [9.17, 15) is 74.2 Å². The van der Waals surface area contributed by atoms with E-state index in [-0.39, 0.29) is 142 Å². The van der Waals surface area contributed by atoms with Gasteiger partial charge in [0.05, 0.1) is 46.2 Å². The third-order valence-electron chi connectivity index (χ3n) is 22.3. The summed E-state index contributed by atoms with van der Waals surface area (Å²) in [6.45, 7) is 10.9. The van der Waals surface area contributed by atoms with Crippen LogP contribution in [0.4, 0.5) is 20.5 Å². The molecule has 2 aliphatic heterocycles. The van der Waals surface area contributed by atoms with E-state index in [0.29, 0.717) is 90.5 Å². The molecule has 602 valence electrons. The van der Waals surface area contributed by atoms with Gasteiger partial charge in [-0.25, -0.2) is 24.4 Å². The average molecular weight is 1600 g/mol. The minimum Gasteiger partial charge on any atom is -0.476 e. The van der Waals surface area contributed by atoms with E-state index in [4.69, 9.17) is 25.3 Å². The molecule has 0 radical (unpaired) electrons. The summed E-state index contributed by atoms with van der Waals surface area (Å²) in [5.41, 5.74) is 9.89. The van der Waals surface area contributed by atoms with Crippen LogP contribution in [0.25, 0.3) is 21.3 Å². The summed E-state index contributed by atoms with van der Waals surface area (Å²) >= 11 is 1.39. The molecule has 0 saturated heterocycles. The number of carbonyl (C=O) groups excluding carboxylic acids is 8. The monoisotopic (exact) mass is 1600 g/mol. The van der Waals surface area contributed by atoms with E-state index in [1.807, 2.05) is 59.0 Å². The molecule has 5 heterocycles. The highest BCUT2D eigenvalue weighted by atomic mass is 32.2. The molecule has 112 heavy (non-hydrogen) atoms. The standard InChI is InChI=1S/C79H100N12O18S3/c1-51(2)59(40-56(92)14-7-6-10-29-90-67(94)25-26-68(90)95)71(97)83-62(17-12-28-81-73(80)100)64(93)39-53-19-21-54(22-20-53)43-108-75(101)88(35-38-112(105,106)107)32-31-87(34-37-111(102,103)104)33-36-109-79-47-76(4)44-77(5,48-79)46-78(45-76,49-79)50-91-52(3)60(41-82-91)57-23-24-66(85-69(57)72(98)99)89-30-27-55-13-11-15-58(61(55)42-89)70(96)86-74-84-63-16-8-9-18-65(63)110-74/h8-9,11,13,15-16,18-26,41,51,59,62H,6-7,10,12,14,17,27-40,42-50H2,1-5H3,(H,83,97)(H,98,99)(H3,80,81,100)(H,84,86,96)(H,102,103,104)(H,105,106,107)/t59-,62-,76?,77?,78?,79?/m0/s1. The van der Waals surface area contributed by atoms with Gasteiger partial charge < -0.3 is 40.7 Å². The third kappa shape index (κ3) is 21.7. The fourth-order valence-electron chi connectivity index (χ4n) is 18.0. The molecule has 6 aromatic rings. The number of urea groups is 1. The summed E-state index contributed by atoms with van der Waals surface area (Å²) in [5, 5.41) is 24.5. The van der Waals surface area contributed by atoms with Gasteiger partial charge in [0.1, 0.15) is 18.2 Å². The zero-order chi connectivity index (χ0) is 80.5. The van der Waals surface area contributed by atoms with Gasteiger partial charge in [0.25, 0.3) is 38.0 Å². The third-order valence-corrected chi connectivity index (χ3v) is 24.6. The van der Waals surface area contributed by atoms with E-state index in [1.165, 1.54) is 23.5 Å². The number of carboxylic acids is 1. The second-order valence-corrected chi connectivity index (χ2v) is 36.1. The van der Waals surface area contributed by atoms with Crippen molar-refractivity contribution in [1.82, 2.24) is 45.1 Å². The number of carbonyl (C=O) groups is 9. The molecule has 3 aromatic heterocycles. The van der Waals surface area contributed by atoms with Crippen molar-refractivity contribution in [2.45, 2.75) is 162 Å². The van der Waals surface area contributed by atoms with Crippen molar-refractivity contribution >= 4 is 106 Å². The smallest absolute Gasteiger partial charge is 0.410 e. The largest absolute Gasteiger partial charge is 0.476 e. The number of benzene rings is 3. The second-order valence-electron chi connectivity index (χ2n) is 31.9. The van der Waals surface area contributed by atoms with Crippen molar-refractivity contribution < 1.29 is 83.7 Å². The fraction of sp³-hybridized carbons (Fsp3) is 0.519. The number of anilines is 2. The SMILES string of the molecule is Cc1c(-c2ccc(N3CCc4cccc(C(=O)Nc5nc6ccccc6s5)c4C3)nc2C(=O)O)cnn1CC12CC3(C)CC(C)(C1)CC(OCCN(CCN(CCS(=O)(=O)O)C(=O)OCc1ccc(CC(=O)[C@H](CCCNC(N)=O)NC(=O)[C@@H](CC(=O)CCCCCN4C(=O)C=CC4=O)C(C)C)cc1)CCS(=O)(=O)O)(C3)C2. The number of amides is 7. The van der Waals surface area contributed by atoms with Crippen molar-refractivity contribution in [2.24, 2.45) is 33.8 Å². The van der Waals surface area contributed by atoms with Gasteiger partial charge in [-0.2, -0.15) is 21.9 Å². The number of carboxylic acid groups (broad SMARTS) is 1. The quantitative estimate of drug-likeness (QED) is 0.0107.